The zero-order valence-electron chi connectivity index (χ0n) is 14.5. The van der Waals surface area contributed by atoms with Gasteiger partial charge in [0.25, 0.3) is 0 Å². The summed E-state index contributed by atoms with van der Waals surface area (Å²) in [5, 5.41) is 10.4. The fourth-order valence-corrected chi connectivity index (χ4v) is 3.85. The molecule has 1 aromatic rings. The number of carbonyl (C=O) groups is 1. The van der Waals surface area contributed by atoms with Crippen molar-refractivity contribution >= 4 is 5.91 Å². The molecule has 24 heavy (non-hydrogen) atoms. The number of rotatable bonds is 7. The Morgan fingerprint density at radius 3 is 2.67 bits per heavy atom. The summed E-state index contributed by atoms with van der Waals surface area (Å²) in [5.74, 6) is 1.08. The molecule has 0 saturated carbocycles. The smallest absolute Gasteiger partial charge is 0.222 e. The van der Waals surface area contributed by atoms with Crippen LogP contribution in [0.2, 0.25) is 0 Å². The van der Waals surface area contributed by atoms with Gasteiger partial charge in [-0.3, -0.25) is 9.69 Å². The second-order valence-electron chi connectivity index (χ2n) is 6.75. The zero-order valence-corrected chi connectivity index (χ0v) is 14.5. The van der Waals surface area contributed by atoms with E-state index in [1.807, 2.05) is 19.1 Å². The van der Waals surface area contributed by atoms with Crippen LogP contribution in [0, 0.1) is 0 Å². The molecule has 2 fully saturated rings. The van der Waals surface area contributed by atoms with Crippen molar-refractivity contribution in [2.75, 3.05) is 32.8 Å². The van der Waals surface area contributed by atoms with Crippen LogP contribution in [0.15, 0.2) is 24.3 Å². The highest BCUT2D eigenvalue weighted by Gasteiger charge is 2.29. The Morgan fingerprint density at radius 2 is 2.00 bits per heavy atom. The summed E-state index contributed by atoms with van der Waals surface area (Å²) < 4.78 is 5.51. The van der Waals surface area contributed by atoms with Crippen molar-refractivity contribution in [2.24, 2.45) is 0 Å². The molecule has 5 heteroatoms. The van der Waals surface area contributed by atoms with E-state index in [0.29, 0.717) is 32.2 Å². The maximum absolute atomic E-state index is 11.7. The van der Waals surface area contributed by atoms with Crippen LogP contribution in [0.25, 0.3) is 0 Å². The van der Waals surface area contributed by atoms with Gasteiger partial charge in [-0.1, -0.05) is 12.1 Å². The Balaban J connectivity index is 1.57. The molecule has 0 bridgehead atoms. The third-order valence-electron chi connectivity index (χ3n) is 4.99. The predicted octanol–water partition coefficient (Wildman–Crippen LogP) is 2.21. The van der Waals surface area contributed by atoms with Crippen molar-refractivity contribution in [3.05, 3.63) is 29.8 Å². The highest BCUT2D eigenvalue weighted by atomic mass is 16.5. The molecule has 1 amide bonds. The molecule has 0 aromatic heterocycles. The second-order valence-corrected chi connectivity index (χ2v) is 6.75. The molecule has 2 unspecified atom stereocenters. The third-order valence-corrected chi connectivity index (χ3v) is 4.99. The van der Waals surface area contributed by atoms with E-state index in [4.69, 9.17) is 4.74 Å². The van der Waals surface area contributed by atoms with E-state index in [9.17, 15) is 9.90 Å². The first-order valence-electron chi connectivity index (χ1n) is 9.10. The van der Waals surface area contributed by atoms with Crippen molar-refractivity contribution in [3.63, 3.8) is 0 Å². The summed E-state index contributed by atoms with van der Waals surface area (Å²) in [4.78, 5) is 15.9. The van der Waals surface area contributed by atoms with Gasteiger partial charge in [0.15, 0.2) is 0 Å². The van der Waals surface area contributed by atoms with Gasteiger partial charge in [0.1, 0.15) is 5.75 Å². The lowest BCUT2D eigenvalue weighted by atomic mass is 10.0. The van der Waals surface area contributed by atoms with Gasteiger partial charge in [-0.2, -0.15) is 0 Å². The number of ether oxygens (including phenoxy) is 1. The fraction of sp³-hybridized carbons (Fsp3) is 0.632. The summed E-state index contributed by atoms with van der Waals surface area (Å²) in [5.41, 5.74) is 1.28. The lowest BCUT2D eigenvalue weighted by Crippen LogP contribution is -2.40. The maximum Gasteiger partial charge on any atom is 0.222 e. The highest BCUT2D eigenvalue weighted by molar-refractivity contribution is 5.78. The second kappa shape index (κ2) is 7.99. The van der Waals surface area contributed by atoms with Crippen LogP contribution < -0.4 is 4.74 Å². The Labute approximate surface area is 144 Å². The van der Waals surface area contributed by atoms with E-state index in [1.165, 1.54) is 5.56 Å². The molecule has 2 atom stereocenters. The average Bonchev–Trinajstić information content (AvgIpc) is 3.18. The van der Waals surface area contributed by atoms with Gasteiger partial charge in [-0.15, -0.1) is 0 Å². The summed E-state index contributed by atoms with van der Waals surface area (Å²) in [7, 11) is 0. The molecule has 3 rings (SSSR count). The van der Waals surface area contributed by atoms with Gasteiger partial charge in [0.2, 0.25) is 5.91 Å². The molecule has 132 valence electrons. The Kier molecular flexibility index (Phi) is 5.74. The Hall–Kier alpha value is -1.59. The van der Waals surface area contributed by atoms with Gasteiger partial charge < -0.3 is 14.7 Å². The molecule has 0 aliphatic carbocycles. The van der Waals surface area contributed by atoms with Gasteiger partial charge in [-0.05, 0) is 50.4 Å². The predicted molar refractivity (Wildman–Crippen MR) is 93.0 cm³/mol. The first-order valence-corrected chi connectivity index (χ1v) is 9.10. The number of aliphatic hydroxyl groups is 1. The Bertz CT molecular complexity index is 546. The molecule has 0 radical (unpaired) electrons. The molecule has 2 aliphatic heterocycles. The first-order chi connectivity index (χ1) is 11.7. The lowest BCUT2D eigenvalue weighted by molar-refractivity contribution is -0.129. The summed E-state index contributed by atoms with van der Waals surface area (Å²) in [6.07, 6.45) is 3.33. The van der Waals surface area contributed by atoms with Crippen LogP contribution in [0.5, 0.6) is 5.75 Å². The number of carbonyl (C=O) groups excluding carboxylic acids is 1. The molecular weight excluding hydrogens is 304 g/mol. The largest absolute Gasteiger partial charge is 0.494 e. The van der Waals surface area contributed by atoms with Gasteiger partial charge in [0, 0.05) is 32.1 Å². The Morgan fingerprint density at radius 1 is 1.21 bits per heavy atom. The van der Waals surface area contributed by atoms with Crippen LogP contribution in [0.1, 0.15) is 44.2 Å². The zero-order chi connectivity index (χ0) is 16.9. The van der Waals surface area contributed by atoms with E-state index in [1.54, 1.807) is 4.90 Å². The lowest BCUT2D eigenvalue weighted by Gasteiger charge is -2.29. The fourth-order valence-electron chi connectivity index (χ4n) is 3.85. The summed E-state index contributed by atoms with van der Waals surface area (Å²) >= 11 is 0. The van der Waals surface area contributed by atoms with E-state index in [-0.39, 0.29) is 5.91 Å². The first kappa shape index (κ1) is 17.2. The van der Waals surface area contributed by atoms with E-state index < -0.39 is 6.10 Å². The number of benzene rings is 1. The SMILES string of the molecule is CCOc1ccc(C2CCCN2CC(O)CN2CCCC2=O)cc1. The van der Waals surface area contributed by atoms with Crippen LogP contribution in [-0.2, 0) is 4.79 Å². The van der Waals surface area contributed by atoms with E-state index >= 15 is 0 Å². The minimum Gasteiger partial charge on any atom is -0.494 e. The highest BCUT2D eigenvalue weighted by Crippen LogP contribution is 2.32. The number of likely N-dealkylation sites (tertiary alicyclic amines) is 2. The number of hydrogen-bond donors (Lipinski definition) is 1. The number of aliphatic hydroxyl groups excluding tert-OH is 1. The monoisotopic (exact) mass is 332 g/mol. The summed E-state index contributed by atoms with van der Waals surface area (Å²) in [6, 6.07) is 8.66. The van der Waals surface area contributed by atoms with Crippen LogP contribution in [0.3, 0.4) is 0 Å². The van der Waals surface area contributed by atoms with Crippen molar-refractivity contribution in [3.8, 4) is 5.75 Å². The number of hydrogen-bond acceptors (Lipinski definition) is 4. The van der Waals surface area contributed by atoms with E-state index in [0.717, 1.165) is 38.1 Å². The van der Waals surface area contributed by atoms with Crippen LogP contribution >= 0.6 is 0 Å². The molecular formula is C19H28N2O3. The third kappa shape index (κ3) is 4.08. The molecule has 2 heterocycles. The van der Waals surface area contributed by atoms with Gasteiger partial charge in [-0.25, -0.2) is 0 Å². The van der Waals surface area contributed by atoms with E-state index in [2.05, 4.69) is 17.0 Å². The number of nitrogens with zero attached hydrogens (tertiary/aromatic N) is 2. The van der Waals surface area contributed by atoms with Crippen molar-refractivity contribution in [1.29, 1.82) is 0 Å². The molecule has 0 spiro atoms. The molecule has 2 aliphatic rings. The van der Waals surface area contributed by atoms with Crippen molar-refractivity contribution in [1.82, 2.24) is 9.80 Å². The topological polar surface area (TPSA) is 53.0 Å². The quantitative estimate of drug-likeness (QED) is 0.832. The van der Waals surface area contributed by atoms with Crippen molar-refractivity contribution < 1.29 is 14.6 Å². The van der Waals surface area contributed by atoms with Gasteiger partial charge >= 0.3 is 0 Å². The molecule has 1 N–H and O–H groups in total. The minimum absolute atomic E-state index is 0.179. The summed E-state index contributed by atoms with van der Waals surface area (Å²) in [6.45, 7) is 5.55. The normalized spacial score (nSPS) is 23.0. The van der Waals surface area contributed by atoms with Gasteiger partial charge in [0.05, 0.1) is 12.7 Å². The average molecular weight is 332 g/mol. The molecule has 1 aromatic carbocycles. The number of amides is 1. The number of β-amino-alcohol motifs (C(OH)–C–C–N with tert-alkyl or cyclic N) is 1. The molecule has 2 saturated heterocycles. The molecule has 5 nitrogen and oxygen atoms in total. The van der Waals surface area contributed by atoms with Crippen LogP contribution in [-0.4, -0.2) is 59.7 Å². The maximum atomic E-state index is 11.7. The van der Waals surface area contributed by atoms with Crippen molar-refractivity contribution in [2.45, 2.75) is 44.8 Å². The standard InChI is InChI=1S/C19H28N2O3/c1-2-24-17-9-7-15(8-10-17)18-5-3-11-20(18)13-16(22)14-21-12-4-6-19(21)23/h7-10,16,18,22H,2-6,11-14H2,1H3. The minimum atomic E-state index is -0.477. The van der Waals surface area contributed by atoms with Crippen LogP contribution in [0.4, 0.5) is 0 Å².